The predicted octanol–water partition coefficient (Wildman–Crippen LogP) is 4.57. The van der Waals surface area contributed by atoms with E-state index >= 15 is 0 Å². The van der Waals surface area contributed by atoms with Crippen LogP contribution in [0.1, 0.15) is 32.0 Å². The van der Waals surface area contributed by atoms with Crippen molar-refractivity contribution in [2.75, 3.05) is 19.4 Å². The number of nitrogens with zero attached hydrogens (tertiary/aromatic N) is 2. The molecule has 0 spiro atoms. The number of halogens is 1. The largest absolute Gasteiger partial charge is 0.360 e. The molecule has 0 fully saturated rings. The Morgan fingerprint density at radius 1 is 1.11 bits per heavy atom. The van der Waals surface area contributed by atoms with E-state index in [9.17, 15) is 9.59 Å². The zero-order valence-corrected chi connectivity index (χ0v) is 16.8. The van der Waals surface area contributed by atoms with Gasteiger partial charge in [-0.2, -0.15) is 0 Å². The molecule has 0 atom stereocenters. The van der Waals surface area contributed by atoms with E-state index in [2.05, 4.69) is 10.5 Å². The van der Waals surface area contributed by atoms with Crippen LogP contribution in [-0.2, 0) is 0 Å². The van der Waals surface area contributed by atoms with E-state index in [0.717, 1.165) is 5.56 Å². The van der Waals surface area contributed by atoms with Gasteiger partial charge in [0.25, 0.3) is 11.8 Å². The van der Waals surface area contributed by atoms with Gasteiger partial charge in [0.15, 0.2) is 0 Å². The molecule has 2 amide bonds. The fourth-order valence-corrected chi connectivity index (χ4v) is 3.07. The van der Waals surface area contributed by atoms with E-state index < -0.39 is 0 Å². The number of anilines is 1. The van der Waals surface area contributed by atoms with Crippen LogP contribution in [0, 0.1) is 13.8 Å². The van der Waals surface area contributed by atoms with E-state index in [4.69, 9.17) is 16.1 Å². The third-order valence-electron chi connectivity index (χ3n) is 4.35. The number of amides is 2. The number of carbonyl (C=O) groups is 2. The van der Waals surface area contributed by atoms with E-state index in [1.165, 1.54) is 4.90 Å². The summed E-state index contributed by atoms with van der Waals surface area (Å²) in [5.74, 6) is -0.142. The van der Waals surface area contributed by atoms with Crippen molar-refractivity contribution in [1.29, 1.82) is 0 Å². The lowest BCUT2D eigenvalue weighted by Crippen LogP contribution is -2.23. The molecule has 3 aromatic rings. The minimum absolute atomic E-state index is 0.133. The Bertz CT molecular complexity index is 1060. The third-order valence-corrected chi connectivity index (χ3v) is 4.68. The second-order valence-electron chi connectivity index (χ2n) is 6.63. The quantitative estimate of drug-likeness (QED) is 0.699. The summed E-state index contributed by atoms with van der Waals surface area (Å²) in [5.41, 5.74) is 3.14. The summed E-state index contributed by atoms with van der Waals surface area (Å²) in [6.07, 6.45) is 0. The van der Waals surface area contributed by atoms with Gasteiger partial charge in [0, 0.05) is 30.9 Å². The van der Waals surface area contributed by atoms with Crippen LogP contribution >= 0.6 is 11.6 Å². The molecule has 0 radical (unpaired) electrons. The van der Waals surface area contributed by atoms with Gasteiger partial charge in [-0.15, -0.1) is 0 Å². The van der Waals surface area contributed by atoms with Gasteiger partial charge in [-0.3, -0.25) is 9.59 Å². The van der Waals surface area contributed by atoms with Gasteiger partial charge in [-0.1, -0.05) is 41.0 Å². The SMILES string of the molecule is Cc1ccc(NC(=O)c2c(-c3ccccc3Cl)noc2C)cc1C(=O)N(C)C. The van der Waals surface area contributed by atoms with Crippen LogP contribution < -0.4 is 5.32 Å². The molecule has 0 bridgehead atoms. The minimum atomic E-state index is -0.388. The molecule has 0 aliphatic heterocycles. The molecule has 1 heterocycles. The Morgan fingerprint density at radius 2 is 1.82 bits per heavy atom. The molecule has 6 nitrogen and oxygen atoms in total. The number of nitrogens with one attached hydrogen (secondary N) is 1. The summed E-state index contributed by atoms with van der Waals surface area (Å²) in [5, 5.41) is 7.31. The maximum atomic E-state index is 13.0. The van der Waals surface area contributed by atoms with E-state index in [-0.39, 0.29) is 11.8 Å². The van der Waals surface area contributed by atoms with Crippen LogP contribution in [0.4, 0.5) is 5.69 Å². The number of benzene rings is 2. The molecule has 144 valence electrons. The fraction of sp³-hybridized carbons (Fsp3) is 0.190. The number of carbonyl (C=O) groups excluding carboxylic acids is 2. The minimum Gasteiger partial charge on any atom is -0.360 e. The smallest absolute Gasteiger partial charge is 0.261 e. The maximum Gasteiger partial charge on any atom is 0.261 e. The molecule has 28 heavy (non-hydrogen) atoms. The summed E-state index contributed by atoms with van der Waals surface area (Å²) in [7, 11) is 3.37. The van der Waals surface area contributed by atoms with Crippen molar-refractivity contribution in [1.82, 2.24) is 10.1 Å². The van der Waals surface area contributed by atoms with Crippen molar-refractivity contribution in [3.63, 3.8) is 0 Å². The first-order valence-corrected chi connectivity index (χ1v) is 9.02. The topological polar surface area (TPSA) is 75.4 Å². The average molecular weight is 398 g/mol. The number of hydrogen-bond donors (Lipinski definition) is 1. The van der Waals surface area contributed by atoms with Crippen LogP contribution in [0.25, 0.3) is 11.3 Å². The first-order chi connectivity index (χ1) is 13.3. The molecule has 0 unspecified atom stereocenters. The van der Waals surface area contributed by atoms with Gasteiger partial charge in [0.2, 0.25) is 0 Å². The van der Waals surface area contributed by atoms with Crippen LogP contribution in [0.5, 0.6) is 0 Å². The molecule has 0 saturated heterocycles. The number of rotatable bonds is 4. The molecule has 0 aliphatic rings. The molecular weight excluding hydrogens is 378 g/mol. The van der Waals surface area contributed by atoms with Gasteiger partial charge < -0.3 is 14.7 Å². The highest BCUT2D eigenvalue weighted by Crippen LogP contribution is 2.31. The monoisotopic (exact) mass is 397 g/mol. The predicted molar refractivity (Wildman–Crippen MR) is 109 cm³/mol. The first-order valence-electron chi connectivity index (χ1n) is 8.64. The van der Waals surface area contributed by atoms with Gasteiger partial charge >= 0.3 is 0 Å². The molecule has 2 aromatic carbocycles. The zero-order chi connectivity index (χ0) is 20.4. The number of hydrogen-bond acceptors (Lipinski definition) is 4. The highest BCUT2D eigenvalue weighted by atomic mass is 35.5. The second-order valence-corrected chi connectivity index (χ2v) is 7.03. The summed E-state index contributed by atoms with van der Waals surface area (Å²) >= 11 is 6.25. The lowest BCUT2D eigenvalue weighted by molar-refractivity contribution is 0.0826. The van der Waals surface area contributed by atoms with Crippen molar-refractivity contribution < 1.29 is 14.1 Å². The van der Waals surface area contributed by atoms with E-state index in [1.807, 2.05) is 13.0 Å². The average Bonchev–Trinajstić information content (AvgIpc) is 3.04. The Labute approximate surface area is 168 Å². The molecule has 0 saturated carbocycles. The van der Waals surface area contributed by atoms with Crippen LogP contribution in [-0.4, -0.2) is 36.0 Å². The van der Waals surface area contributed by atoms with Gasteiger partial charge in [0.1, 0.15) is 17.0 Å². The third kappa shape index (κ3) is 3.77. The Balaban J connectivity index is 1.95. The van der Waals surface area contributed by atoms with E-state index in [0.29, 0.717) is 38.9 Å². The molecular formula is C21H20ClN3O3. The molecule has 7 heteroatoms. The summed E-state index contributed by atoms with van der Waals surface area (Å²) in [6.45, 7) is 3.51. The van der Waals surface area contributed by atoms with Gasteiger partial charge in [-0.25, -0.2) is 0 Å². The highest BCUT2D eigenvalue weighted by Gasteiger charge is 2.23. The van der Waals surface area contributed by atoms with E-state index in [1.54, 1.807) is 57.4 Å². The first kappa shape index (κ1) is 19.6. The van der Waals surface area contributed by atoms with Crippen molar-refractivity contribution in [2.45, 2.75) is 13.8 Å². The maximum absolute atomic E-state index is 13.0. The molecule has 1 aromatic heterocycles. The Kier molecular flexibility index (Phi) is 5.51. The van der Waals surface area contributed by atoms with Crippen LogP contribution in [0.15, 0.2) is 47.0 Å². The van der Waals surface area contributed by atoms with Gasteiger partial charge in [0.05, 0.1) is 5.02 Å². The second kappa shape index (κ2) is 7.86. The summed E-state index contributed by atoms with van der Waals surface area (Å²) in [6, 6.07) is 12.3. The van der Waals surface area contributed by atoms with Crippen molar-refractivity contribution in [2.24, 2.45) is 0 Å². The lowest BCUT2D eigenvalue weighted by Gasteiger charge is -2.14. The number of aryl methyl sites for hydroxylation is 2. The molecule has 3 rings (SSSR count). The van der Waals surface area contributed by atoms with Crippen molar-refractivity contribution in [3.05, 3.63) is 69.9 Å². The summed E-state index contributed by atoms with van der Waals surface area (Å²) < 4.78 is 5.25. The highest BCUT2D eigenvalue weighted by molar-refractivity contribution is 6.33. The van der Waals surface area contributed by atoms with Crippen LogP contribution in [0.2, 0.25) is 5.02 Å². The Hall–Kier alpha value is -3.12. The molecule has 0 aliphatic carbocycles. The number of aromatic nitrogens is 1. The van der Waals surface area contributed by atoms with Crippen molar-refractivity contribution in [3.8, 4) is 11.3 Å². The Morgan fingerprint density at radius 3 is 2.50 bits per heavy atom. The van der Waals surface area contributed by atoms with Gasteiger partial charge in [-0.05, 0) is 37.6 Å². The summed E-state index contributed by atoms with van der Waals surface area (Å²) in [4.78, 5) is 26.8. The standard InChI is InChI=1S/C21H20ClN3O3/c1-12-9-10-14(11-16(12)21(27)25(3)4)23-20(26)18-13(2)28-24-19(18)15-7-5-6-8-17(15)22/h5-11H,1-4H3,(H,23,26). The zero-order valence-electron chi connectivity index (χ0n) is 16.0. The normalized spacial score (nSPS) is 10.6. The lowest BCUT2D eigenvalue weighted by atomic mass is 10.0. The van der Waals surface area contributed by atoms with Crippen molar-refractivity contribution >= 4 is 29.1 Å². The molecule has 1 N–H and O–H groups in total. The fourth-order valence-electron chi connectivity index (χ4n) is 2.84. The van der Waals surface area contributed by atoms with Crippen LogP contribution in [0.3, 0.4) is 0 Å².